The van der Waals surface area contributed by atoms with Gasteiger partial charge in [-0.3, -0.25) is 4.99 Å². The van der Waals surface area contributed by atoms with Gasteiger partial charge in [-0.25, -0.2) is 0 Å². The highest BCUT2D eigenvalue weighted by Crippen LogP contribution is 2.09. The van der Waals surface area contributed by atoms with Crippen LogP contribution in [-0.4, -0.2) is 75.4 Å². The number of hydrogen-bond donors (Lipinski definition) is 3. The first-order chi connectivity index (χ1) is 10.9. The topological polar surface area (TPSA) is 60.9 Å². The highest BCUT2D eigenvalue weighted by Gasteiger charge is 2.19. The minimum absolute atomic E-state index is 0.149. The van der Waals surface area contributed by atoms with Gasteiger partial charge in [0, 0.05) is 51.4 Å². The third kappa shape index (κ3) is 9.79. The van der Waals surface area contributed by atoms with E-state index in [-0.39, 0.29) is 5.54 Å². The minimum Gasteiger partial charge on any atom is -0.383 e. The van der Waals surface area contributed by atoms with E-state index in [0.717, 1.165) is 64.7 Å². The van der Waals surface area contributed by atoms with Gasteiger partial charge in [0.1, 0.15) is 0 Å². The largest absolute Gasteiger partial charge is 0.383 e. The van der Waals surface area contributed by atoms with E-state index in [1.807, 2.05) is 0 Å². The standard InChI is InChI=1S/C17H37N5O/c1-6-18-16(19-9-10-20-17(2,3)4)21-15-7-11-22(12-8-15)13-14-23-5/h15,20H,6-14H2,1-5H3,(H2,18,19,21). The van der Waals surface area contributed by atoms with E-state index in [1.165, 1.54) is 0 Å². The lowest BCUT2D eigenvalue weighted by atomic mass is 10.1. The predicted octanol–water partition coefficient (Wildman–Crippen LogP) is 1.04. The summed E-state index contributed by atoms with van der Waals surface area (Å²) in [5.41, 5.74) is 0.149. The molecule has 0 bridgehead atoms. The van der Waals surface area contributed by atoms with E-state index < -0.39 is 0 Å². The number of nitrogens with zero attached hydrogens (tertiary/aromatic N) is 2. The Labute approximate surface area is 142 Å². The van der Waals surface area contributed by atoms with Gasteiger partial charge in [0.15, 0.2) is 5.96 Å². The molecule has 1 aliphatic heterocycles. The lowest BCUT2D eigenvalue weighted by Gasteiger charge is -2.32. The molecule has 1 saturated heterocycles. The molecule has 1 rings (SSSR count). The van der Waals surface area contributed by atoms with Crippen LogP contribution in [0, 0.1) is 0 Å². The number of hydrogen-bond acceptors (Lipinski definition) is 4. The fourth-order valence-electron chi connectivity index (χ4n) is 2.63. The van der Waals surface area contributed by atoms with E-state index >= 15 is 0 Å². The summed E-state index contributed by atoms with van der Waals surface area (Å²) in [6.45, 7) is 15.3. The first-order valence-corrected chi connectivity index (χ1v) is 8.95. The number of aliphatic imine (C=N–C) groups is 1. The molecule has 0 saturated carbocycles. The van der Waals surface area contributed by atoms with Crippen molar-refractivity contribution in [3.05, 3.63) is 0 Å². The van der Waals surface area contributed by atoms with Crippen LogP contribution < -0.4 is 16.0 Å². The van der Waals surface area contributed by atoms with Crippen molar-refractivity contribution in [3.63, 3.8) is 0 Å². The molecule has 3 N–H and O–H groups in total. The molecule has 0 aromatic carbocycles. The van der Waals surface area contributed by atoms with Crippen molar-refractivity contribution >= 4 is 5.96 Å². The molecule has 6 heteroatoms. The second kappa shape index (κ2) is 10.8. The first kappa shape index (κ1) is 20.2. The molecule has 136 valence electrons. The number of ether oxygens (including phenoxy) is 1. The number of guanidine groups is 1. The summed E-state index contributed by atoms with van der Waals surface area (Å²) >= 11 is 0. The molecule has 0 aromatic heterocycles. The number of nitrogens with one attached hydrogen (secondary N) is 3. The molecule has 0 aromatic rings. The van der Waals surface area contributed by atoms with Gasteiger partial charge < -0.3 is 25.6 Å². The van der Waals surface area contributed by atoms with Crippen molar-refractivity contribution < 1.29 is 4.74 Å². The Bertz CT molecular complexity index is 332. The maximum Gasteiger partial charge on any atom is 0.191 e. The van der Waals surface area contributed by atoms with Gasteiger partial charge in [-0.1, -0.05) is 0 Å². The van der Waals surface area contributed by atoms with Crippen molar-refractivity contribution in [1.29, 1.82) is 0 Å². The number of piperidine rings is 1. The van der Waals surface area contributed by atoms with E-state index in [0.29, 0.717) is 6.04 Å². The van der Waals surface area contributed by atoms with Gasteiger partial charge in [-0.2, -0.15) is 0 Å². The quantitative estimate of drug-likeness (QED) is 0.353. The summed E-state index contributed by atoms with van der Waals surface area (Å²) in [7, 11) is 1.77. The van der Waals surface area contributed by atoms with Crippen LogP contribution in [0.3, 0.4) is 0 Å². The predicted molar refractivity (Wildman–Crippen MR) is 98.2 cm³/mol. The van der Waals surface area contributed by atoms with Crippen molar-refractivity contribution in [2.24, 2.45) is 4.99 Å². The van der Waals surface area contributed by atoms with Crippen molar-refractivity contribution in [1.82, 2.24) is 20.9 Å². The Morgan fingerprint density at radius 2 is 1.96 bits per heavy atom. The zero-order valence-corrected chi connectivity index (χ0v) is 15.7. The van der Waals surface area contributed by atoms with Crippen LogP contribution in [0.2, 0.25) is 0 Å². The average Bonchev–Trinajstić information content (AvgIpc) is 2.50. The SMILES string of the molecule is CCNC(=NCCNC(C)(C)C)NC1CCN(CCOC)CC1. The summed E-state index contributed by atoms with van der Waals surface area (Å²) in [6.07, 6.45) is 2.32. The molecule has 0 spiro atoms. The molecule has 0 amide bonds. The number of rotatable bonds is 8. The molecule has 0 atom stereocenters. The van der Waals surface area contributed by atoms with E-state index in [2.05, 4.69) is 53.5 Å². The molecule has 1 fully saturated rings. The van der Waals surface area contributed by atoms with Gasteiger partial charge in [0.2, 0.25) is 0 Å². The molecule has 6 nitrogen and oxygen atoms in total. The van der Waals surface area contributed by atoms with E-state index in [1.54, 1.807) is 7.11 Å². The Balaban J connectivity index is 2.32. The number of methoxy groups -OCH3 is 1. The fraction of sp³-hybridized carbons (Fsp3) is 0.941. The smallest absolute Gasteiger partial charge is 0.191 e. The average molecular weight is 328 g/mol. The highest BCUT2D eigenvalue weighted by atomic mass is 16.5. The van der Waals surface area contributed by atoms with Crippen LogP contribution >= 0.6 is 0 Å². The second-order valence-electron chi connectivity index (χ2n) is 7.19. The molecule has 0 radical (unpaired) electrons. The third-order valence-corrected chi connectivity index (χ3v) is 3.92. The Hall–Kier alpha value is -0.850. The third-order valence-electron chi connectivity index (χ3n) is 3.92. The van der Waals surface area contributed by atoms with Crippen LogP contribution in [0.4, 0.5) is 0 Å². The molecular formula is C17H37N5O. The Kier molecular flexibility index (Phi) is 9.52. The van der Waals surface area contributed by atoms with Crippen LogP contribution in [0.1, 0.15) is 40.5 Å². The zero-order valence-electron chi connectivity index (χ0n) is 15.7. The summed E-state index contributed by atoms with van der Waals surface area (Å²) in [6, 6.07) is 0.516. The Morgan fingerprint density at radius 1 is 1.26 bits per heavy atom. The molecule has 1 aliphatic rings. The molecule has 1 heterocycles. The van der Waals surface area contributed by atoms with Crippen LogP contribution in [-0.2, 0) is 4.74 Å². The fourth-order valence-corrected chi connectivity index (χ4v) is 2.63. The summed E-state index contributed by atoms with van der Waals surface area (Å²) in [4.78, 5) is 7.15. The first-order valence-electron chi connectivity index (χ1n) is 8.95. The minimum atomic E-state index is 0.149. The van der Waals surface area contributed by atoms with Crippen LogP contribution in [0.5, 0.6) is 0 Å². The monoisotopic (exact) mass is 327 g/mol. The lowest BCUT2D eigenvalue weighted by Crippen LogP contribution is -2.49. The second-order valence-corrected chi connectivity index (χ2v) is 7.19. The van der Waals surface area contributed by atoms with Gasteiger partial charge in [-0.15, -0.1) is 0 Å². The molecule has 0 unspecified atom stereocenters. The van der Waals surface area contributed by atoms with Crippen molar-refractivity contribution in [2.75, 3.05) is 53.0 Å². The maximum atomic E-state index is 5.15. The lowest BCUT2D eigenvalue weighted by molar-refractivity contribution is 0.128. The van der Waals surface area contributed by atoms with Gasteiger partial charge in [0.05, 0.1) is 13.2 Å². The summed E-state index contributed by atoms with van der Waals surface area (Å²) < 4.78 is 5.15. The zero-order chi connectivity index (χ0) is 17.1. The van der Waals surface area contributed by atoms with Crippen molar-refractivity contribution in [2.45, 2.75) is 52.1 Å². The number of likely N-dealkylation sites (tertiary alicyclic amines) is 1. The van der Waals surface area contributed by atoms with E-state index in [9.17, 15) is 0 Å². The van der Waals surface area contributed by atoms with Crippen LogP contribution in [0.15, 0.2) is 4.99 Å². The molecular weight excluding hydrogens is 290 g/mol. The maximum absolute atomic E-state index is 5.15. The van der Waals surface area contributed by atoms with Crippen molar-refractivity contribution in [3.8, 4) is 0 Å². The molecule has 23 heavy (non-hydrogen) atoms. The van der Waals surface area contributed by atoms with Crippen LogP contribution in [0.25, 0.3) is 0 Å². The van der Waals surface area contributed by atoms with E-state index in [4.69, 9.17) is 4.74 Å². The Morgan fingerprint density at radius 3 is 2.52 bits per heavy atom. The molecule has 0 aliphatic carbocycles. The van der Waals surface area contributed by atoms with Gasteiger partial charge >= 0.3 is 0 Å². The summed E-state index contributed by atoms with van der Waals surface area (Å²) in [5, 5.41) is 10.4. The van der Waals surface area contributed by atoms with Gasteiger partial charge in [-0.05, 0) is 40.5 Å². The summed E-state index contributed by atoms with van der Waals surface area (Å²) in [5.74, 6) is 0.943. The van der Waals surface area contributed by atoms with Gasteiger partial charge in [0.25, 0.3) is 0 Å². The highest BCUT2D eigenvalue weighted by molar-refractivity contribution is 5.80. The normalized spacial score (nSPS) is 18.2.